The molecule has 0 aromatic heterocycles. The second-order valence-corrected chi connectivity index (χ2v) is 11.4. The molecule has 4 aliphatic rings. The molecule has 15 nitrogen and oxygen atoms in total. The fraction of sp³-hybridized carbons (Fsp3) is 0.607. The van der Waals surface area contributed by atoms with Gasteiger partial charge < -0.3 is 45.2 Å². The molecule has 5 N–H and O–H groups in total. The smallest absolute Gasteiger partial charge is 0.335 e. The highest BCUT2D eigenvalue weighted by Gasteiger charge is 2.46. The summed E-state index contributed by atoms with van der Waals surface area (Å²) in [5, 5.41) is 35.9. The normalized spacial score (nSPS) is 32.0. The zero-order valence-corrected chi connectivity index (χ0v) is 23.8. The third-order valence-corrected chi connectivity index (χ3v) is 8.55. The minimum atomic E-state index is -1.35. The standard InChI is InChI=1S/C28H37N5O10/c1-42-14-23(35)33-7-6-31-13-19(33)26(38)29-10-21-25(37)24(36)20(43-21)9-22(34)30-17-8-18(27(31)39)32(12-17)11-15-2-4-16(5-3-15)28(40)41/h2-5,17-21,24-25,36-37H,6-14H2,1H3,(H,29,38)(H,30,34)(H,40,41)/t17-,18-,19-,20-,21+,24-,25+/m0/s1. The molecule has 4 heterocycles. The van der Waals surface area contributed by atoms with E-state index in [4.69, 9.17) is 9.47 Å². The Balaban J connectivity index is 1.42. The van der Waals surface area contributed by atoms with E-state index >= 15 is 0 Å². The maximum absolute atomic E-state index is 14.0. The van der Waals surface area contributed by atoms with E-state index in [1.54, 1.807) is 17.0 Å². The molecule has 1 aromatic carbocycles. The first-order chi connectivity index (χ1) is 20.5. The second-order valence-electron chi connectivity index (χ2n) is 11.4. The topological polar surface area (TPSA) is 198 Å². The van der Waals surface area contributed by atoms with Crippen molar-refractivity contribution in [3.05, 3.63) is 35.4 Å². The van der Waals surface area contributed by atoms with Crippen molar-refractivity contribution >= 4 is 29.6 Å². The van der Waals surface area contributed by atoms with Gasteiger partial charge in [-0.3, -0.25) is 24.1 Å². The van der Waals surface area contributed by atoms with Crippen LogP contribution in [0.5, 0.6) is 0 Å². The van der Waals surface area contributed by atoms with Gasteiger partial charge in [-0.25, -0.2) is 4.79 Å². The summed E-state index contributed by atoms with van der Waals surface area (Å²) in [6, 6.07) is 4.21. The predicted octanol–water partition coefficient (Wildman–Crippen LogP) is -2.86. The molecule has 15 heteroatoms. The molecule has 234 valence electrons. The van der Waals surface area contributed by atoms with Crippen molar-refractivity contribution in [2.24, 2.45) is 0 Å². The maximum Gasteiger partial charge on any atom is 0.335 e. The number of aliphatic hydroxyl groups is 2. The third kappa shape index (κ3) is 6.65. The zero-order valence-electron chi connectivity index (χ0n) is 23.8. The molecule has 4 amide bonds. The molecule has 6 bridgehead atoms. The monoisotopic (exact) mass is 603 g/mol. The lowest BCUT2D eigenvalue weighted by atomic mass is 10.0. The molecule has 5 rings (SSSR count). The van der Waals surface area contributed by atoms with Gasteiger partial charge in [-0.15, -0.1) is 0 Å². The number of carbonyl (C=O) groups excluding carboxylic acids is 4. The molecule has 0 spiro atoms. The van der Waals surface area contributed by atoms with Crippen LogP contribution < -0.4 is 10.6 Å². The van der Waals surface area contributed by atoms with Crippen molar-refractivity contribution in [1.82, 2.24) is 25.3 Å². The Morgan fingerprint density at radius 3 is 2.44 bits per heavy atom. The number of amides is 4. The number of rotatable bonds is 5. The lowest BCUT2D eigenvalue weighted by Crippen LogP contribution is -2.64. The van der Waals surface area contributed by atoms with Crippen LogP contribution >= 0.6 is 0 Å². The Kier molecular flexibility index (Phi) is 9.27. The Morgan fingerprint density at radius 2 is 1.74 bits per heavy atom. The number of likely N-dealkylation sites (tertiary alicyclic amines) is 1. The first kappa shape index (κ1) is 30.8. The van der Waals surface area contributed by atoms with Crippen molar-refractivity contribution in [2.45, 2.75) is 61.9 Å². The van der Waals surface area contributed by atoms with Crippen molar-refractivity contribution in [1.29, 1.82) is 0 Å². The second kappa shape index (κ2) is 12.9. The summed E-state index contributed by atoms with van der Waals surface area (Å²) in [5.74, 6) is -2.68. The third-order valence-electron chi connectivity index (χ3n) is 8.55. The Labute approximate surface area is 247 Å². The van der Waals surface area contributed by atoms with Crippen LogP contribution in [0.25, 0.3) is 0 Å². The molecule has 0 radical (unpaired) electrons. The summed E-state index contributed by atoms with van der Waals surface area (Å²) in [6.07, 6.45) is -4.63. The van der Waals surface area contributed by atoms with Crippen LogP contribution in [0.3, 0.4) is 0 Å². The molecule has 4 aliphatic heterocycles. The van der Waals surface area contributed by atoms with Gasteiger partial charge in [0, 0.05) is 45.9 Å². The predicted molar refractivity (Wildman–Crippen MR) is 146 cm³/mol. The molecular weight excluding hydrogens is 566 g/mol. The summed E-state index contributed by atoms with van der Waals surface area (Å²) >= 11 is 0. The number of carbonyl (C=O) groups is 5. The minimum absolute atomic E-state index is 0.0753. The van der Waals surface area contributed by atoms with Crippen LogP contribution in [0.4, 0.5) is 0 Å². The SMILES string of the molecule is COCC(=O)N1CCN2C[C@H]1C(=O)NC[C@H]1O[C@@H](CC(=O)N[C@H]3C[C@@H](C2=O)N(Cc2ccc(C(=O)O)cc2)C3)[C@H](O)[C@@H]1O. The summed E-state index contributed by atoms with van der Waals surface area (Å²) in [4.78, 5) is 69.3. The van der Waals surface area contributed by atoms with Gasteiger partial charge in [0.1, 0.15) is 31.0 Å². The van der Waals surface area contributed by atoms with Crippen LogP contribution in [0.15, 0.2) is 24.3 Å². The lowest BCUT2D eigenvalue weighted by Gasteiger charge is -2.42. The number of hydrogen-bond donors (Lipinski definition) is 5. The van der Waals surface area contributed by atoms with Crippen LogP contribution in [0.1, 0.15) is 28.8 Å². The van der Waals surface area contributed by atoms with Gasteiger partial charge in [0.2, 0.25) is 23.6 Å². The van der Waals surface area contributed by atoms with Gasteiger partial charge in [0.25, 0.3) is 0 Å². The van der Waals surface area contributed by atoms with E-state index < -0.39 is 66.2 Å². The largest absolute Gasteiger partial charge is 0.478 e. The average molecular weight is 604 g/mol. The van der Waals surface area contributed by atoms with Crippen molar-refractivity contribution in [2.75, 3.05) is 46.4 Å². The van der Waals surface area contributed by atoms with E-state index in [0.29, 0.717) is 13.1 Å². The molecule has 0 unspecified atom stereocenters. The lowest BCUT2D eigenvalue weighted by molar-refractivity contribution is -0.152. The van der Waals surface area contributed by atoms with Crippen molar-refractivity contribution in [3.63, 3.8) is 0 Å². The number of piperazine rings is 1. The summed E-state index contributed by atoms with van der Waals surface area (Å²) < 4.78 is 10.7. The van der Waals surface area contributed by atoms with Gasteiger partial charge in [0.15, 0.2) is 0 Å². The molecule has 0 aliphatic carbocycles. The van der Waals surface area contributed by atoms with Gasteiger partial charge in [-0.05, 0) is 24.1 Å². The Bertz CT molecular complexity index is 1240. The highest BCUT2D eigenvalue weighted by molar-refractivity contribution is 5.90. The molecular formula is C28H37N5O10. The number of carboxylic acids is 1. The number of nitrogens with zero attached hydrogens (tertiary/aromatic N) is 3. The van der Waals surface area contributed by atoms with E-state index in [1.165, 1.54) is 24.1 Å². The first-order valence-corrected chi connectivity index (χ1v) is 14.3. The van der Waals surface area contributed by atoms with Crippen LogP contribution in [-0.2, 0) is 35.2 Å². The first-order valence-electron chi connectivity index (χ1n) is 14.3. The van der Waals surface area contributed by atoms with Gasteiger partial charge in [-0.1, -0.05) is 12.1 Å². The molecule has 4 saturated heterocycles. The number of fused-ring (bicyclic) bond motifs is 6. The Morgan fingerprint density at radius 1 is 1.02 bits per heavy atom. The molecule has 7 atom stereocenters. The van der Waals surface area contributed by atoms with Crippen LogP contribution in [0, 0.1) is 0 Å². The fourth-order valence-corrected chi connectivity index (χ4v) is 6.30. The summed E-state index contributed by atoms with van der Waals surface area (Å²) in [5.41, 5.74) is 0.907. The number of nitrogens with one attached hydrogen (secondary N) is 2. The van der Waals surface area contributed by atoms with Gasteiger partial charge >= 0.3 is 5.97 Å². The summed E-state index contributed by atoms with van der Waals surface area (Å²) in [6.45, 7) is 0.410. The highest BCUT2D eigenvalue weighted by atomic mass is 16.5. The molecule has 1 aromatic rings. The average Bonchev–Trinajstić information content (AvgIpc) is 3.49. The van der Waals surface area contributed by atoms with Crippen LogP contribution in [0.2, 0.25) is 0 Å². The van der Waals surface area contributed by atoms with E-state index in [-0.39, 0.29) is 57.1 Å². The van der Waals surface area contributed by atoms with E-state index in [9.17, 15) is 39.3 Å². The van der Waals surface area contributed by atoms with Crippen LogP contribution in [-0.4, -0.2) is 149 Å². The molecule has 0 saturated carbocycles. The van der Waals surface area contributed by atoms with E-state index in [0.717, 1.165) is 5.56 Å². The fourth-order valence-electron chi connectivity index (χ4n) is 6.30. The molecule has 43 heavy (non-hydrogen) atoms. The zero-order chi connectivity index (χ0) is 30.8. The molecule has 4 fully saturated rings. The number of benzene rings is 1. The quantitative estimate of drug-likeness (QED) is 0.232. The van der Waals surface area contributed by atoms with E-state index in [2.05, 4.69) is 10.6 Å². The van der Waals surface area contributed by atoms with Gasteiger partial charge in [0.05, 0.1) is 30.7 Å². The summed E-state index contributed by atoms with van der Waals surface area (Å²) in [7, 11) is 1.37. The minimum Gasteiger partial charge on any atom is -0.478 e. The number of ether oxygens (including phenoxy) is 2. The number of aromatic carboxylic acids is 1. The number of methoxy groups -OCH3 is 1. The Hall–Kier alpha value is -3.63. The van der Waals surface area contributed by atoms with Crippen molar-refractivity contribution in [3.8, 4) is 0 Å². The van der Waals surface area contributed by atoms with Crippen molar-refractivity contribution < 1.29 is 48.8 Å². The number of aliphatic hydroxyl groups excluding tert-OH is 2. The number of carboxylic acid groups (broad SMARTS) is 1. The highest BCUT2D eigenvalue weighted by Crippen LogP contribution is 2.27. The van der Waals surface area contributed by atoms with Gasteiger partial charge in [-0.2, -0.15) is 0 Å². The van der Waals surface area contributed by atoms with E-state index in [1.807, 2.05) is 4.90 Å². The maximum atomic E-state index is 14.0. The number of hydrogen-bond acceptors (Lipinski definition) is 10.